The monoisotopic (exact) mass is 399 g/mol. The third kappa shape index (κ3) is 3.51. The molecule has 0 spiro atoms. The zero-order valence-corrected chi connectivity index (χ0v) is 16.5. The Kier molecular flexibility index (Phi) is 5.02. The smallest absolute Gasteiger partial charge is 0.308 e. The SMILES string of the molecule is COCCn1c(=NC(=O)c2nc3ccccc3s2)sc2cc(OC)ccc21. The first-order valence-electron chi connectivity index (χ1n) is 8.30. The number of amides is 1. The third-order valence-corrected chi connectivity index (χ3v) is 6.15. The second-order valence-corrected chi connectivity index (χ2v) is 7.81. The molecule has 2 aromatic heterocycles. The number of carbonyl (C=O) groups excluding carboxylic acids is 1. The van der Waals surface area contributed by atoms with E-state index in [1.54, 1.807) is 14.2 Å². The molecule has 0 aliphatic rings. The van der Waals surface area contributed by atoms with Gasteiger partial charge in [-0.1, -0.05) is 23.5 Å². The van der Waals surface area contributed by atoms with Crippen LogP contribution in [0.15, 0.2) is 47.5 Å². The standard InChI is InChI=1S/C19H17N3O3S2/c1-24-10-9-22-14-8-7-12(25-2)11-16(14)27-19(22)21-17(23)18-20-13-5-3-4-6-15(13)26-18/h3-8,11H,9-10H2,1-2H3. The largest absolute Gasteiger partial charge is 0.497 e. The minimum atomic E-state index is -0.333. The van der Waals surface area contributed by atoms with E-state index >= 15 is 0 Å². The van der Waals surface area contributed by atoms with Crippen LogP contribution < -0.4 is 9.54 Å². The van der Waals surface area contributed by atoms with Crippen LogP contribution in [0.1, 0.15) is 9.80 Å². The summed E-state index contributed by atoms with van der Waals surface area (Å²) in [7, 11) is 3.29. The van der Waals surface area contributed by atoms with Gasteiger partial charge in [-0.25, -0.2) is 4.98 Å². The van der Waals surface area contributed by atoms with Crippen molar-refractivity contribution in [2.24, 2.45) is 4.99 Å². The zero-order valence-electron chi connectivity index (χ0n) is 14.8. The maximum Gasteiger partial charge on any atom is 0.308 e. The van der Waals surface area contributed by atoms with E-state index in [0.717, 1.165) is 26.2 Å². The van der Waals surface area contributed by atoms with Crippen LogP contribution in [0.2, 0.25) is 0 Å². The normalized spacial score (nSPS) is 12.1. The molecule has 0 bridgehead atoms. The van der Waals surface area contributed by atoms with Gasteiger partial charge in [-0.15, -0.1) is 11.3 Å². The van der Waals surface area contributed by atoms with Crippen LogP contribution in [0.25, 0.3) is 20.4 Å². The average Bonchev–Trinajstić information content (AvgIpc) is 3.27. The molecule has 0 fully saturated rings. The molecule has 8 heteroatoms. The zero-order chi connectivity index (χ0) is 18.8. The average molecular weight is 399 g/mol. The number of benzene rings is 2. The molecular formula is C19H17N3O3S2. The quantitative estimate of drug-likeness (QED) is 0.513. The van der Waals surface area contributed by atoms with Crippen molar-refractivity contribution in [1.29, 1.82) is 0 Å². The fraction of sp³-hybridized carbons (Fsp3) is 0.211. The first kappa shape index (κ1) is 17.8. The second kappa shape index (κ2) is 7.59. The Bertz CT molecular complexity index is 1160. The van der Waals surface area contributed by atoms with Crippen molar-refractivity contribution in [2.45, 2.75) is 6.54 Å². The molecule has 4 aromatic rings. The summed E-state index contributed by atoms with van der Waals surface area (Å²) >= 11 is 2.81. The maximum absolute atomic E-state index is 12.7. The van der Waals surface area contributed by atoms with E-state index in [9.17, 15) is 4.79 Å². The number of hydrogen-bond acceptors (Lipinski definition) is 6. The number of hydrogen-bond donors (Lipinski definition) is 0. The Morgan fingerprint density at radius 3 is 2.78 bits per heavy atom. The van der Waals surface area contributed by atoms with E-state index in [4.69, 9.17) is 9.47 Å². The first-order chi connectivity index (χ1) is 13.2. The molecule has 0 atom stereocenters. The van der Waals surface area contributed by atoms with Gasteiger partial charge in [-0.2, -0.15) is 4.99 Å². The second-order valence-electron chi connectivity index (χ2n) is 5.77. The highest BCUT2D eigenvalue weighted by molar-refractivity contribution is 7.20. The van der Waals surface area contributed by atoms with Crippen LogP contribution in [-0.2, 0) is 11.3 Å². The van der Waals surface area contributed by atoms with Crippen molar-refractivity contribution in [1.82, 2.24) is 9.55 Å². The van der Waals surface area contributed by atoms with Gasteiger partial charge >= 0.3 is 5.91 Å². The van der Waals surface area contributed by atoms with Crippen molar-refractivity contribution in [3.05, 3.63) is 52.3 Å². The number of methoxy groups -OCH3 is 2. The van der Waals surface area contributed by atoms with Crippen LogP contribution in [0.4, 0.5) is 0 Å². The molecule has 0 aliphatic carbocycles. The first-order valence-corrected chi connectivity index (χ1v) is 9.94. The van der Waals surface area contributed by atoms with Crippen LogP contribution in [0.3, 0.4) is 0 Å². The van der Waals surface area contributed by atoms with Gasteiger partial charge in [-0.3, -0.25) is 4.79 Å². The summed E-state index contributed by atoms with van der Waals surface area (Å²) in [6, 6.07) is 13.5. The van der Waals surface area contributed by atoms with E-state index in [1.807, 2.05) is 47.0 Å². The lowest BCUT2D eigenvalue weighted by molar-refractivity contribution is 0.0997. The maximum atomic E-state index is 12.7. The summed E-state index contributed by atoms with van der Waals surface area (Å²) in [6.45, 7) is 1.13. The van der Waals surface area contributed by atoms with E-state index in [0.29, 0.717) is 23.0 Å². The lowest BCUT2D eigenvalue weighted by Crippen LogP contribution is -2.19. The molecule has 27 heavy (non-hydrogen) atoms. The number of carbonyl (C=O) groups is 1. The van der Waals surface area contributed by atoms with Crippen LogP contribution in [0.5, 0.6) is 5.75 Å². The number of para-hydroxylation sites is 1. The molecule has 0 saturated heterocycles. The summed E-state index contributed by atoms with van der Waals surface area (Å²) in [6.07, 6.45) is 0. The highest BCUT2D eigenvalue weighted by Gasteiger charge is 2.13. The number of rotatable bonds is 5. The Morgan fingerprint density at radius 2 is 2.00 bits per heavy atom. The van der Waals surface area contributed by atoms with Crippen LogP contribution in [-0.4, -0.2) is 36.3 Å². The molecule has 0 unspecified atom stereocenters. The molecule has 1 amide bonds. The van der Waals surface area contributed by atoms with E-state index in [1.165, 1.54) is 22.7 Å². The number of fused-ring (bicyclic) bond motifs is 2. The predicted octanol–water partition coefficient (Wildman–Crippen LogP) is 3.71. The molecule has 0 saturated carbocycles. The number of aromatic nitrogens is 2. The van der Waals surface area contributed by atoms with Crippen molar-refractivity contribution < 1.29 is 14.3 Å². The molecule has 6 nitrogen and oxygen atoms in total. The van der Waals surface area contributed by atoms with Crippen molar-refractivity contribution in [3.63, 3.8) is 0 Å². The van der Waals surface area contributed by atoms with Gasteiger partial charge < -0.3 is 14.0 Å². The minimum Gasteiger partial charge on any atom is -0.497 e. The molecule has 4 rings (SSSR count). The molecule has 2 heterocycles. The number of nitrogens with zero attached hydrogens (tertiary/aromatic N) is 3. The Labute approximate surface area is 163 Å². The predicted molar refractivity (Wildman–Crippen MR) is 108 cm³/mol. The Hall–Kier alpha value is -2.55. The highest BCUT2D eigenvalue weighted by atomic mass is 32.1. The fourth-order valence-corrected chi connectivity index (χ4v) is 4.70. The lowest BCUT2D eigenvalue weighted by Gasteiger charge is -2.04. The summed E-state index contributed by atoms with van der Waals surface area (Å²) in [5.41, 5.74) is 1.81. The molecular weight excluding hydrogens is 382 g/mol. The van der Waals surface area contributed by atoms with E-state index < -0.39 is 0 Å². The van der Waals surface area contributed by atoms with Gasteiger partial charge in [0.15, 0.2) is 9.81 Å². The molecule has 2 aromatic carbocycles. The highest BCUT2D eigenvalue weighted by Crippen LogP contribution is 2.24. The van der Waals surface area contributed by atoms with Gasteiger partial charge in [0.05, 0.1) is 34.1 Å². The molecule has 0 N–H and O–H groups in total. The van der Waals surface area contributed by atoms with Crippen LogP contribution >= 0.6 is 22.7 Å². The molecule has 138 valence electrons. The van der Waals surface area contributed by atoms with Gasteiger partial charge in [0.2, 0.25) is 0 Å². The number of ether oxygens (including phenoxy) is 2. The topological polar surface area (TPSA) is 65.7 Å². The lowest BCUT2D eigenvalue weighted by atomic mass is 10.3. The summed E-state index contributed by atoms with van der Waals surface area (Å²) in [5.74, 6) is 0.438. The summed E-state index contributed by atoms with van der Waals surface area (Å²) in [5, 5.41) is 0.393. The van der Waals surface area contributed by atoms with E-state index in [2.05, 4.69) is 9.98 Å². The minimum absolute atomic E-state index is 0.333. The summed E-state index contributed by atoms with van der Waals surface area (Å²) in [4.78, 5) is 22.1. The van der Waals surface area contributed by atoms with Crippen LogP contribution in [0, 0.1) is 0 Å². The number of thiazole rings is 2. The molecule has 0 radical (unpaired) electrons. The Balaban J connectivity index is 1.81. The van der Waals surface area contributed by atoms with Gasteiger partial charge in [0, 0.05) is 13.7 Å². The van der Waals surface area contributed by atoms with Gasteiger partial charge in [0.1, 0.15) is 5.75 Å². The van der Waals surface area contributed by atoms with Crippen molar-refractivity contribution >= 4 is 49.0 Å². The molecule has 0 aliphatic heterocycles. The van der Waals surface area contributed by atoms with E-state index in [-0.39, 0.29) is 5.91 Å². The third-order valence-electron chi connectivity index (χ3n) is 4.08. The fourth-order valence-electron chi connectivity index (χ4n) is 2.76. The van der Waals surface area contributed by atoms with Gasteiger partial charge in [0.25, 0.3) is 0 Å². The van der Waals surface area contributed by atoms with Crippen molar-refractivity contribution in [2.75, 3.05) is 20.8 Å². The summed E-state index contributed by atoms with van der Waals surface area (Å²) < 4.78 is 14.5. The van der Waals surface area contributed by atoms with Crippen molar-refractivity contribution in [3.8, 4) is 5.75 Å². The Morgan fingerprint density at radius 1 is 1.15 bits per heavy atom. The van der Waals surface area contributed by atoms with Gasteiger partial charge in [-0.05, 0) is 30.3 Å².